The van der Waals surface area contributed by atoms with Crippen molar-refractivity contribution in [2.75, 3.05) is 0 Å². The Bertz CT molecular complexity index is 914. The Labute approximate surface area is 153 Å². The Hall–Kier alpha value is -1.50. The molecule has 0 amide bonds. The number of aromatic nitrogens is 2. The first-order valence-corrected chi connectivity index (χ1v) is 9.33. The lowest BCUT2D eigenvalue weighted by atomic mass is 10.0. The summed E-state index contributed by atoms with van der Waals surface area (Å²) >= 11 is 8.70. The minimum absolute atomic E-state index is 0.0735. The quantitative estimate of drug-likeness (QED) is 0.495. The van der Waals surface area contributed by atoms with Crippen molar-refractivity contribution >= 4 is 55.1 Å². The molecule has 0 N–H and O–H groups in total. The van der Waals surface area contributed by atoms with Crippen molar-refractivity contribution in [3.8, 4) is 0 Å². The molecule has 0 aliphatic heterocycles. The van der Waals surface area contributed by atoms with E-state index in [1.54, 1.807) is 23.7 Å². The molecule has 3 aromatic rings. The lowest BCUT2D eigenvalue weighted by Gasteiger charge is -2.15. The van der Waals surface area contributed by atoms with Gasteiger partial charge in [-0.3, -0.25) is 9.78 Å². The van der Waals surface area contributed by atoms with E-state index in [9.17, 15) is 4.79 Å². The van der Waals surface area contributed by atoms with E-state index in [-0.39, 0.29) is 11.8 Å². The van der Waals surface area contributed by atoms with Crippen molar-refractivity contribution in [3.63, 3.8) is 0 Å². The highest BCUT2D eigenvalue weighted by Crippen LogP contribution is 2.50. The van der Waals surface area contributed by atoms with Crippen molar-refractivity contribution < 1.29 is 4.79 Å². The zero-order chi connectivity index (χ0) is 16.0. The van der Waals surface area contributed by atoms with Gasteiger partial charge in [0.1, 0.15) is 0 Å². The van der Waals surface area contributed by atoms with E-state index in [4.69, 9.17) is 0 Å². The Balaban J connectivity index is 1.94. The number of hydrogen-bond donors (Lipinski definition) is 0. The first-order chi connectivity index (χ1) is 11.2. The predicted octanol–water partition coefficient (Wildman–Crippen LogP) is 5.34. The number of pyridine rings is 1. The van der Waals surface area contributed by atoms with E-state index in [0.29, 0.717) is 0 Å². The van der Waals surface area contributed by atoms with Gasteiger partial charge < -0.3 is 4.57 Å². The smallest absolute Gasteiger partial charge is 0.193 e. The van der Waals surface area contributed by atoms with Gasteiger partial charge in [-0.15, -0.1) is 11.3 Å². The zero-order valence-electron chi connectivity index (χ0n) is 11.7. The fourth-order valence-corrected chi connectivity index (χ4v) is 6.10. The van der Waals surface area contributed by atoms with E-state index in [0.717, 1.165) is 29.8 Å². The van der Waals surface area contributed by atoms with Gasteiger partial charge in [-0.25, -0.2) is 0 Å². The van der Waals surface area contributed by atoms with Crippen LogP contribution in [-0.4, -0.2) is 15.3 Å². The third-order valence-electron chi connectivity index (χ3n) is 3.87. The van der Waals surface area contributed by atoms with E-state index in [1.807, 2.05) is 42.7 Å². The Morgan fingerprint density at radius 1 is 1.13 bits per heavy atom. The zero-order valence-corrected chi connectivity index (χ0v) is 15.7. The molecule has 0 bridgehead atoms. The second-order valence-corrected chi connectivity index (χ2v) is 8.84. The number of carbonyl (C=O) groups is 1. The lowest BCUT2D eigenvalue weighted by Crippen LogP contribution is -2.09. The molecule has 1 aliphatic rings. The molecule has 1 atom stereocenters. The average molecular weight is 450 g/mol. The summed E-state index contributed by atoms with van der Waals surface area (Å²) < 4.78 is 3.94. The molecule has 0 radical (unpaired) electrons. The van der Waals surface area contributed by atoms with Crippen LogP contribution in [0.4, 0.5) is 0 Å². The van der Waals surface area contributed by atoms with Crippen molar-refractivity contribution in [2.24, 2.45) is 0 Å². The minimum atomic E-state index is -0.113. The summed E-state index contributed by atoms with van der Waals surface area (Å²) in [5.41, 5.74) is 3.54. The summed E-state index contributed by atoms with van der Waals surface area (Å²) in [6.07, 6.45) is 9.41. The summed E-state index contributed by atoms with van der Waals surface area (Å²) in [6, 6.07) is 7.65. The van der Waals surface area contributed by atoms with Gasteiger partial charge in [-0.2, -0.15) is 0 Å². The lowest BCUT2D eigenvalue weighted by molar-refractivity contribution is 0.103. The number of carbonyl (C=O) groups excluding carboxylic acids is 1. The number of thiophene rings is 1. The van der Waals surface area contributed by atoms with E-state index in [1.165, 1.54) is 0 Å². The first-order valence-electron chi connectivity index (χ1n) is 6.93. The monoisotopic (exact) mass is 448 g/mol. The van der Waals surface area contributed by atoms with Gasteiger partial charge in [0.15, 0.2) is 5.78 Å². The van der Waals surface area contributed by atoms with Gasteiger partial charge in [0.2, 0.25) is 0 Å². The van der Waals surface area contributed by atoms with Crippen molar-refractivity contribution in [2.45, 2.75) is 6.04 Å². The summed E-state index contributed by atoms with van der Waals surface area (Å²) in [7, 11) is 0. The van der Waals surface area contributed by atoms with Crippen LogP contribution < -0.4 is 0 Å². The maximum atomic E-state index is 13.0. The number of ketones is 1. The highest BCUT2D eigenvalue weighted by Gasteiger charge is 2.40. The van der Waals surface area contributed by atoms with Crippen LogP contribution in [0.25, 0.3) is 6.08 Å². The highest BCUT2D eigenvalue weighted by molar-refractivity contribution is 9.12. The molecule has 0 spiro atoms. The van der Waals surface area contributed by atoms with Gasteiger partial charge in [0.25, 0.3) is 0 Å². The van der Waals surface area contributed by atoms with Gasteiger partial charge in [-0.1, -0.05) is 0 Å². The first kappa shape index (κ1) is 15.1. The molecule has 23 heavy (non-hydrogen) atoms. The number of Topliss-reactive ketones (excluding diaryl/α,β-unsaturated/α-hetero) is 1. The number of hydrogen-bond acceptors (Lipinski definition) is 3. The maximum Gasteiger partial charge on any atom is 0.193 e. The Morgan fingerprint density at radius 3 is 2.52 bits per heavy atom. The highest BCUT2D eigenvalue weighted by atomic mass is 79.9. The molecule has 0 aromatic carbocycles. The fourth-order valence-electron chi connectivity index (χ4n) is 2.88. The second-order valence-electron chi connectivity index (χ2n) is 5.18. The number of nitrogens with zero attached hydrogens (tertiary/aromatic N) is 2. The standard InChI is InChI=1S/C17H10Br2N2OS/c18-16-12-13(17(19)23-16)15(22)11(9-10-3-5-20-6-4-10)14(12)21-7-1-2-8-21/h1-9,14H/b11-9+. The largest absolute Gasteiger partial charge is 0.343 e. The third-order valence-corrected chi connectivity index (χ3v) is 6.45. The van der Waals surface area contributed by atoms with Crippen molar-refractivity contribution in [1.29, 1.82) is 0 Å². The van der Waals surface area contributed by atoms with Gasteiger partial charge >= 0.3 is 0 Å². The number of halogens is 2. The normalized spacial score (nSPS) is 18.6. The Kier molecular flexibility index (Phi) is 3.83. The van der Waals surface area contributed by atoms with Crippen LogP contribution in [0.2, 0.25) is 0 Å². The van der Waals surface area contributed by atoms with Gasteiger partial charge in [0, 0.05) is 35.9 Å². The predicted molar refractivity (Wildman–Crippen MR) is 98.8 cm³/mol. The maximum absolute atomic E-state index is 13.0. The van der Waals surface area contributed by atoms with Crippen LogP contribution in [0, 0.1) is 0 Å². The Morgan fingerprint density at radius 2 is 1.83 bits per heavy atom. The summed E-state index contributed by atoms with van der Waals surface area (Å²) in [5, 5.41) is 0. The van der Waals surface area contributed by atoms with Gasteiger partial charge in [-0.05, 0) is 67.8 Å². The SMILES string of the molecule is O=C1/C(=C/c2ccncc2)C(n2cccc2)c2c(Br)sc(Br)c21. The molecular weight excluding hydrogens is 440 g/mol. The van der Waals surface area contributed by atoms with Crippen LogP contribution in [0.5, 0.6) is 0 Å². The fraction of sp³-hybridized carbons (Fsp3) is 0.0588. The molecule has 0 saturated heterocycles. The van der Waals surface area contributed by atoms with Crippen LogP contribution in [0.1, 0.15) is 27.5 Å². The average Bonchev–Trinajstić information content (AvgIpc) is 3.22. The molecule has 114 valence electrons. The summed E-state index contributed by atoms with van der Waals surface area (Å²) in [6.45, 7) is 0. The van der Waals surface area contributed by atoms with Crippen molar-refractivity contribution in [3.05, 3.63) is 78.9 Å². The molecule has 6 heteroatoms. The number of fused-ring (bicyclic) bond motifs is 1. The van der Waals surface area contributed by atoms with Crippen LogP contribution in [-0.2, 0) is 0 Å². The molecule has 3 aromatic heterocycles. The van der Waals surface area contributed by atoms with Crippen LogP contribution in [0.15, 0.2) is 62.2 Å². The molecule has 4 rings (SSSR count). The molecule has 1 aliphatic carbocycles. The second kappa shape index (κ2) is 5.85. The van der Waals surface area contributed by atoms with Crippen LogP contribution in [0.3, 0.4) is 0 Å². The molecular formula is C17H10Br2N2OS. The molecule has 0 fully saturated rings. The minimum Gasteiger partial charge on any atom is -0.343 e. The van der Waals surface area contributed by atoms with E-state index >= 15 is 0 Å². The molecule has 0 saturated carbocycles. The number of rotatable bonds is 2. The summed E-state index contributed by atoms with van der Waals surface area (Å²) in [5.74, 6) is 0.0735. The molecule has 1 unspecified atom stereocenters. The number of allylic oxidation sites excluding steroid dienone is 1. The van der Waals surface area contributed by atoms with E-state index < -0.39 is 0 Å². The third kappa shape index (κ3) is 2.45. The topological polar surface area (TPSA) is 34.9 Å². The molecule has 3 nitrogen and oxygen atoms in total. The van der Waals surface area contributed by atoms with Crippen molar-refractivity contribution in [1.82, 2.24) is 9.55 Å². The van der Waals surface area contributed by atoms with Gasteiger partial charge in [0.05, 0.1) is 19.2 Å². The summed E-state index contributed by atoms with van der Waals surface area (Å²) in [4.78, 5) is 17.0. The van der Waals surface area contributed by atoms with Crippen LogP contribution >= 0.6 is 43.2 Å². The van der Waals surface area contributed by atoms with E-state index in [2.05, 4.69) is 41.4 Å². The molecule has 3 heterocycles.